The van der Waals surface area contributed by atoms with Gasteiger partial charge in [-0.25, -0.2) is 9.97 Å². The molecule has 0 aromatic carbocycles. The first kappa shape index (κ1) is 12.7. The maximum absolute atomic E-state index is 9.23. The minimum absolute atomic E-state index is 0.0135. The maximum atomic E-state index is 9.23. The van der Waals surface area contributed by atoms with Gasteiger partial charge in [0.15, 0.2) is 0 Å². The topological polar surface area (TPSA) is 67.3 Å². The number of hydrogen-bond donors (Lipinski definition) is 2. The molecule has 0 spiro atoms. The third-order valence-electron chi connectivity index (χ3n) is 2.18. The van der Waals surface area contributed by atoms with Crippen molar-refractivity contribution in [2.75, 3.05) is 19.0 Å². The van der Waals surface area contributed by atoms with E-state index in [1.54, 1.807) is 13.2 Å². The average molecular weight is 225 g/mol. The van der Waals surface area contributed by atoms with Gasteiger partial charge in [0.25, 0.3) is 0 Å². The van der Waals surface area contributed by atoms with E-state index in [9.17, 15) is 5.11 Å². The summed E-state index contributed by atoms with van der Waals surface area (Å²) in [6.07, 6.45) is 2.33. The molecule has 1 aromatic rings. The Morgan fingerprint density at radius 3 is 2.75 bits per heavy atom. The van der Waals surface area contributed by atoms with Crippen LogP contribution in [0.4, 0.5) is 5.82 Å². The van der Waals surface area contributed by atoms with E-state index >= 15 is 0 Å². The number of aromatic nitrogens is 2. The Labute approximate surface area is 95.9 Å². The molecule has 0 amide bonds. The average Bonchev–Trinajstić information content (AvgIpc) is 2.28. The van der Waals surface area contributed by atoms with Crippen LogP contribution in [0.25, 0.3) is 0 Å². The molecule has 1 rings (SSSR count). The molecule has 5 nitrogen and oxygen atoms in total. The van der Waals surface area contributed by atoms with Crippen LogP contribution in [0.1, 0.15) is 20.3 Å². The monoisotopic (exact) mass is 225 g/mol. The molecule has 0 saturated carbocycles. The quantitative estimate of drug-likeness (QED) is 0.764. The van der Waals surface area contributed by atoms with Gasteiger partial charge in [0.05, 0.1) is 19.8 Å². The van der Waals surface area contributed by atoms with Gasteiger partial charge in [-0.05, 0) is 12.3 Å². The molecule has 0 aliphatic carbocycles. The molecule has 2 N–H and O–H groups in total. The van der Waals surface area contributed by atoms with Gasteiger partial charge in [-0.2, -0.15) is 0 Å². The van der Waals surface area contributed by atoms with Gasteiger partial charge < -0.3 is 15.2 Å². The van der Waals surface area contributed by atoms with E-state index in [1.807, 2.05) is 0 Å². The third kappa shape index (κ3) is 4.02. The summed E-state index contributed by atoms with van der Waals surface area (Å²) in [5.74, 6) is 1.71. The highest BCUT2D eigenvalue weighted by atomic mass is 16.5. The van der Waals surface area contributed by atoms with Gasteiger partial charge >= 0.3 is 0 Å². The summed E-state index contributed by atoms with van der Waals surface area (Å²) in [7, 11) is 1.56. The summed E-state index contributed by atoms with van der Waals surface area (Å²) in [6.45, 7) is 4.32. The van der Waals surface area contributed by atoms with E-state index in [0.29, 0.717) is 17.6 Å². The van der Waals surface area contributed by atoms with E-state index in [-0.39, 0.29) is 12.6 Å². The molecule has 0 bridgehead atoms. The van der Waals surface area contributed by atoms with Crippen molar-refractivity contribution in [3.63, 3.8) is 0 Å². The van der Waals surface area contributed by atoms with Crippen LogP contribution in [0.5, 0.6) is 5.88 Å². The fourth-order valence-electron chi connectivity index (χ4n) is 1.49. The first-order valence-electron chi connectivity index (χ1n) is 5.39. The first-order valence-corrected chi connectivity index (χ1v) is 5.39. The Hall–Kier alpha value is -1.36. The molecular weight excluding hydrogens is 206 g/mol. The summed E-state index contributed by atoms with van der Waals surface area (Å²) < 4.78 is 5.00. The lowest BCUT2D eigenvalue weighted by atomic mass is 10.0. The molecule has 1 heterocycles. The second kappa shape index (κ2) is 6.27. The van der Waals surface area contributed by atoms with Gasteiger partial charge in [-0.3, -0.25) is 0 Å². The lowest BCUT2D eigenvalue weighted by Crippen LogP contribution is -2.26. The SMILES string of the molecule is COc1cc(NC(CO)CC(C)C)ncn1. The molecular formula is C11H19N3O2. The second-order valence-corrected chi connectivity index (χ2v) is 4.10. The molecule has 0 saturated heterocycles. The third-order valence-corrected chi connectivity index (χ3v) is 2.18. The molecule has 16 heavy (non-hydrogen) atoms. The van der Waals surface area contributed by atoms with Gasteiger partial charge in [-0.15, -0.1) is 0 Å². The second-order valence-electron chi connectivity index (χ2n) is 4.10. The Balaban J connectivity index is 2.62. The minimum Gasteiger partial charge on any atom is -0.481 e. The number of rotatable bonds is 6. The lowest BCUT2D eigenvalue weighted by molar-refractivity contribution is 0.259. The Bertz CT molecular complexity index is 318. The molecule has 1 aromatic heterocycles. The summed E-state index contributed by atoms with van der Waals surface area (Å²) in [6, 6.07) is 1.72. The van der Waals surface area contributed by atoms with Gasteiger partial charge in [-0.1, -0.05) is 13.8 Å². The summed E-state index contributed by atoms with van der Waals surface area (Å²) in [4.78, 5) is 7.99. The van der Waals surface area contributed by atoms with Gasteiger partial charge in [0, 0.05) is 6.07 Å². The van der Waals surface area contributed by atoms with Crippen molar-refractivity contribution in [1.29, 1.82) is 0 Å². The Morgan fingerprint density at radius 1 is 1.44 bits per heavy atom. The van der Waals surface area contributed by atoms with E-state index in [4.69, 9.17) is 4.74 Å². The fourth-order valence-corrected chi connectivity index (χ4v) is 1.49. The van der Waals surface area contributed by atoms with E-state index in [0.717, 1.165) is 6.42 Å². The number of methoxy groups -OCH3 is 1. The zero-order chi connectivity index (χ0) is 12.0. The van der Waals surface area contributed by atoms with Crippen molar-refractivity contribution in [3.05, 3.63) is 12.4 Å². The van der Waals surface area contributed by atoms with Crippen molar-refractivity contribution in [3.8, 4) is 5.88 Å². The number of aliphatic hydroxyl groups is 1. The normalized spacial score (nSPS) is 12.6. The zero-order valence-corrected chi connectivity index (χ0v) is 9.97. The molecule has 0 aliphatic rings. The molecule has 0 aliphatic heterocycles. The standard InChI is InChI=1S/C11H19N3O2/c1-8(2)4-9(6-15)14-10-5-11(16-3)13-7-12-10/h5,7-9,15H,4,6H2,1-3H3,(H,12,13,14). The summed E-state index contributed by atoms with van der Waals surface area (Å²) in [5, 5.41) is 12.4. The van der Waals surface area contributed by atoms with Crippen LogP contribution >= 0.6 is 0 Å². The van der Waals surface area contributed by atoms with E-state index in [2.05, 4.69) is 29.1 Å². The summed E-state index contributed by atoms with van der Waals surface area (Å²) in [5.41, 5.74) is 0. The maximum Gasteiger partial charge on any atom is 0.218 e. The minimum atomic E-state index is 0.0135. The Morgan fingerprint density at radius 2 is 2.19 bits per heavy atom. The summed E-state index contributed by atoms with van der Waals surface area (Å²) >= 11 is 0. The van der Waals surface area contributed by atoms with Crippen LogP contribution in [-0.4, -0.2) is 34.8 Å². The van der Waals surface area contributed by atoms with E-state index in [1.165, 1.54) is 6.33 Å². The van der Waals surface area contributed by atoms with Gasteiger partial charge in [0.2, 0.25) is 5.88 Å². The molecule has 90 valence electrons. The van der Waals surface area contributed by atoms with Crippen LogP contribution in [0.2, 0.25) is 0 Å². The zero-order valence-electron chi connectivity index (χ0n) is 9.97. The predicted molar refractivity (Wildman–Crippen MR) is 62.5 cm³/mol. The van der Waals surface area contributed by atoms with Crippen LogP contribution in [0.15, 0.2) is 12.4 Å². The number of nitrogens with zero attached hydrogens (tertiary/aromatic N) is 2. The predicted octanol–water partition coefficient (Wildman–Crippen LogP) is 1.30. The fraction of sp³-hybridized carbons (Fsp3) is 0.636. The van der Waals surface area contributed by atoms with E-state index < -0.39 is 0 Å². The molecule has 5 heteroatoms. The smallest absolute Gasteiger partial charge is 0.218 e. The number of nitrogens with one attached hydrogen (secondary N) is 1. The van der Waals surface area contributed by atoms with Crippen molar-refractivity contribution in [1.82, 2.24) is 9.97 Å². The molecule has 1 atom stereocenters. The van der Waals surface area contributed by atoms with Crippen molar-refractivity contribution in [2.24, 2.45) is 5.92 Å². The Kier molecular flexibility index (Phi) is 4.98. The highest BCUT2D eigenvalue weighted by Crippen LogP contribution is 2.14. The van der Waals surface area contributed by atoms with Crippen molar-refractivity contribution >= 4 is 5.82 Å². The van der Waals surface area contributed by atoms with Crippen molar-refractivity contribution in [2.45, 2.75) is 26.3 Å². The number of anilines is 1. The lowest BCUT2D eigenvalue weighted by Gasteiger charge is -2.18. The highest BCUT2D eigenvalue weighted by Gasteiger charge is 2.10. The molecule has 1 unspecified atom stereocenters. The van der Waals surface area contributed by atoms with Crippen LogP contribution in [-0.2, 0) is 0 Å². The van der Waals surface area contributed by atoms with Gasteiger partial charge in [0.1, 0.15) is 12.1 Å². The highest BCUT2D eigenvalue weighted by molar-refractivity contribution is 5.38. The number of aliphatic hydroxyl groups excluding tert-OH is 1. The molecule has 0 radical (unpaired) electrons. The first-order chi connectivity index (χ1) is 7.65. The number of hydrogen-bond acceptors (Lipinski definition) is 5. The van der Waals surface area contributed by atoms with Crippen LogP contribution in [0.3, 0.4) is 0 Å². The van der Waals surface area contributed by atoms with Crippen LogP contribution in [0, 0.1) is 5.92 Å². The number of ether oxygens (including phenoxy) is 1. The molecule has 0 fully saturated rings. The largest absolute Gasteiger partial charge is 0.481 e. The van der Waals surface area contributed by atoms with Crippen LogP contribution < -0.4 is 10.1 Å². The van der Waals surface area contributed by atoms with Crippen molar-refractivity contribution < 1.29 is 9.84 Å².